The molecular formula is C17H20FN3O3. The molecule has 128 valence electrons. The van der Waals surface area contributed by atoms with Crippen molar-refractivity contribution in [3.05, 3.63) is 41.3 Å². The van der Waals surface area contributed by atoms with Crippen LogP contribution in [0.5, 0.6) is 5.75 Å². The average molecular weight is 333 g/mol. The number of ether oxygens (including phenoxy) is 1. The molecular weight excluding hydrogens is 313 g/mol. The fraction of sp³-hybridized carbons (Fsp3) is 0.471. The smallest absolute Gasteiger partial charge is 0.227 e. The number of carbonyl (C=O) groups is 1. The molecule has 1 aromatic heterocycles. The third-order valence-electron chi connectivity index (χ3n) is 3.86. The third-order valence-corrected chi connectivity index (χ3v) is 3.86. The van der Waals surface area contributed by atoms with Crippen LogP contribution in [0, 0.1) is 5.82 Å². The zero-order valence-corrected chi connectivity index (χ0v) is 13.7. The van der Waals surface area contributed by atoms with Gasteiger partial charge in [0.15, 0.2) is 5.82 Å². The molecule has 1 amide bonds. The Hall–Kier alpha value is -2.44. The van der Waals surface area contributed by atoms with Crippen LogP contribution >= 0.6 is 0 Å². The number of aryl methyl sites for hydroxylation is 1. The van der Waals surface area contributed by atoms with Crippen molar-refractivity contribution in [3.8, 4) is 5.75 Å². The second-order valence-corrected chi connectivity index (χ2v) is 6.23. The molecule has 1 atom stereocenters. The molecule has 2 aromatic rings. The van der Waals surface area contributed by atoms with Crippen LogP contribution in [0.25, 0.3) is 0 Å². The summed E-state index contributed by atoms with van der Waals surface area (Å²) in [6.07, 6.45) is 1.20. The molecule has 0 spiro atoms. The molecule has 2 heterocycles. The van der Waals surface area contributed by atoms with Crippen LogP contribution in [-0.4, -0.2) is 28.7 Å². The molecule has 1 N–H and O–H groups in total. The standard InChI is InChI=1S/C17H20FN3O3/c1-10(2)17-20-16(24-21-17)6-5-15(22)19-13-8-11-7-12(18)3-4-14(11)23-9-13/h3-4,7,10,13H,5-6,8-9H2,1-2H3,(H,19,22). The van der Waals surface area contributed by atoms with E-state index in [2.05, 4.69) is 15.5 Å². The van der Waals surface area contributed by atoms with Gasteiger partial charge in [-0.1, -0.05) is 19.0 Å². The van der Waals surface area contributed by atoms with Crippen molar-refractivity contribution in [2.45, 2.75) is 45.1 Å². The van der Waals surface area contributed by atoms with Crippen LogP contribution in [0.2, 0.25) is 0 Å². The normalized spacial score (nSPS) is 16.6. The van der Waals surface area contributed by atoms with Gasteiger partial charge in [-0.05, 0) is 30.2 Å². The summed E-state index contributed by atoms with van der Waals surface area (Å²) in [6, 6.07) is 4.26. The van der Waals surface area contributed by atoms with E-state index in [0.717, 1.165) is 5.56 Å². The Kier molecular flexibility index (Phi) is 4.78. The van der Waals surface area contributed by atoms with Gasteiger partial charge in [-0.3, -0.25) is 4.79 Å². The van der Waals surface area contributed by atoms with Crippen molar-refractivity contribution in [3.63, 3.8) is 0 Å². The van der Waals surface area contributed by atoms with E-state index in [1.54, 1.807) is 6.07 Å². The van der Waals surface area contributed by atoms with Crippen molar-refractivity contribution >= 4 is 5.91 Å². The number of fused-ring (bicyclic) bond motifs is 1. The maximum absolute atomic E-state index is 13.3. The molecule has 7 heteroatoms. The highest BCUT2D eigenvalue weighted by atomic mass is 19.1. The largest absolute Gasteiger partial charge is 0.491 e. The van der Waals surface area contributed by atoms with Crippen molar-refractivity contribution in [1.29, 1.82) is 0 Å². The lowest BCUT2D eigenvalue weighted by Crippen LogP contribution is -2.42. The van der Waals surface area contributed by atoms with Gasteiger partial charge >= 0.3 is 0 Å². The average Bonchev–Trinajstić information content (AvgIpc) is 3.02. The van der Waals surface area contributed by atoms with Gasteiger partial charge in [-0.2, -0.15) is 4.98 Å². The van der Waals surface area contributed by atoms with Gasteiger partial charge in [0, 0.05) is 18.8 Å². The van der Waals surface area contributed by atoms with E-state index in [0.29, 0.717) is 36.9 Å². The summed E-state index contributed by atoms with van der Waals surface area (Å²) in [6.45, 7) is 4.33. The molecule has 0 radical (unpaired) electrons. The lowest BCUT2D eigenvalue weighted by molar-refractivity contribution is -0.122. The number of nitrogens with zero attached hydrogens (tertiary/aromatic N) is 2. The fourth-order valence-electron chi connectivity index (χ4n) is 2.58. The van der Waals surface area contributed by atoms with E-state index in [1.165, 1.54) is 12.1 Å². The number of halogens is 1. The van der Waals surface area contributed by atoms with Crippen LogP contribution in [0.1, 0.15) is 43.5 Å². The predicted octanol–water partition coefficient (Wildman–Crippen LogP) is 2.38. The van der Waals surface area contributed by atoms with Crippen molar-refractivity contribution in [1.82, 2.24) is 15.5 Å². The molecule has 1 aromatic carbocycles. The zero-order chi connectivity index (χ0) is 17.1. The number of nitrogens with one attached hydrogen (secondary N) is 1. The first-order valence-electron chi connectivity index (χ1n) is 8.04. The molecule has 0 aliphatic carbocycles. The molecule has 1 aliphatic heterocycles. The molecule has 0 saturated carbocycles. The minimum absolute atomic E-state index is 0.118. The Morgan fingerprint density at radius 3 is 3.04 bits per heavy atom. The first-order chi connectivity index (χ1) is 11.5. The van der Waals surface area contributed by atoms with Crippen LogP contribution in [0.3, 0.4) is 0 Å². The van der Waals surface area contributed by atoms with Gasteiger partial charge < -0.3 is 14.6 Å². The topological polar surface area (TPSA) is 77.2 Å². The highest BCUT2D eigenvalue weighted by Gasteiger charge is 2.22. The van der Waals surface area contributed by atoms with E-state index < -0.39 is 0 Å². The molecule has 0 bridgehead atoms. The fourth-order valence-corrected chi connectivity index (χ4v) is 2.58. The monoisotopic (exact) mass is 333 g/mol. The van der Waals surface area contributed by atoms with E-state index >= 15 is 0 Å². The number of hydrogen-bond acceptors (Lipinski definition) is 5. The number of rotatable bonds is 5. The number of benzene rings is 1. The van der Waals surface area contributed by atoms with Gasteiger partial charge in [0.2, 0.25) is 11.8 Å². The van der Waals surface area contributed by atoms with Crippen LogP contribution in [0.4, 0.5) is 4.39 Å². The number of amides is 1. The quantitative estimate of drug-likeness (QED) is 0.909. The van der Waals surface area contributed by atoms with Crippen molar-refractivity contribution in [2.75, 3.05) is 6.61 Å². The summed E-state index contributed by atoms with van der Waals surface area (Å²) in [4.78, 5) is 16.3. The maximum Gasteiger partial charge on any atom is 0.227 e. The molecule has 6 nitrogen and oxygen atoms in total. The Morgan fingerprint density at radius 2 is 2.29 bits per heavy atom. The van der Waals surface area contributed by atoms with Gasteiger partial charge in [-0.25, -0.2) is 4.39 Å². The van der Waals surface area contributed by atoms with E-state index in [4.69, 9.17) is 9.26 Å². The lowest BCUT2D eigenvalue weighted by atomic mass is 10.0. The maximum atomic E-state index is 13.3. The zero-order valence-electron chi connectivity index (χ0n) is 13.7. The summed E-state index contributed by atoms with van der Waals surface area (Å²) in [5.74, 6) is 1.55. The molecule has 1 unspecified atom stereocenters. The third kappa shape index (κ3) is 3.90. The van der Waals surface area contributed by atoms with E-state index in [1.807, 2.05) is 13.8 Å². The summed E-state index contributed by atoms with van der Waals surface area (Å²) < 4.78 is 24.0. The minimum Gasteiger partial charge on any atom is -0.491 e. The second kappa shape index (κ2) is 6.98. The van der Waals surface area contributed by atoms with Gasteiger partial charge in [0.25, 0.3) is 0 Å². The Morgan fingerprint density at radius 1 is 1.46 bits per heavy atom. The van der Waals surface area contributed by atoms with Gasteiger partial charge in [-0.15, -0.1) is 0 Å². The molecule has 1 aliphatic rings. The molecule has 3 rings (SSSR count). The van der Waals surface area contributed by atoms with Gasteiger partial charge in [0.05, 0.1) is 6.04 Å². The molecule has 24 heavy (non-hydrogen) atoms. The second-order valence-electron chi connectivity index (χ2n) is 6.23. The Labute approximate surface area is 139 Å². The van der Waals surface area contributed by atoms with Crippen LogP contribution < -0.4 is 10.1 Å². The van der Waals surface area contributed by atoms with E-state index in [-0.39, 0.29) is 30.1 Å². The highest BCUT2D eigenvalue weighted by Crippen LogP contribution is 2.25. The van der Waals surface area contributed by atoms with Gasteiger partial charge in [0.1, 0.15) is 18.2 Å². The molecule has 0 fully saturated rings. The minimum atomic E-state index is -0.304. The van der Waals surface area contributed by atoms with Crippen molar-refractivity contribution < 1.29 is 18.4 Å². The summed E-state index contributed by atoms with van der Waals surface area (Å²) in [7, 11) is 0. The number of carbonyl (C=O) groups excluding carboxylic acids is 1. The summed E-state index contributed by atoms with van der Waals surface area (Å²) >= 11 is 0. The highest BCUT2D eigenvalue weighted by molar-refractivity contribution is 5.76. The van der Waals surface area contributed by atoms with E-state index in [9.17, 15) is 9.18 Å². The Bertz CT molecular complexity index is 730. The summed E-state index contributed by atoms with van der Waals surface area (Å²) in [5, 5.41) is 6.77. The first-order valence-corrected chi connectivity index (χ1v) is 8.04. The Balaban J connectivity index is 1.50. The number of aromatic nitrogens is 2. The lowest BCUT2D eigenvalue weighted by Gasteiger charge is -2.26. The van der Waals surface area contributed by atoms with Crippen molar-refractivity contribution in [2.24, 2.45) is 0 Å². The SMILES string of the molecule is CC(C)c1noc(CCC(=O)NC2COc3ccc(F)cc3C2)n1. The molecule has 0 saturated heterocycles. The number of hydrogen-bond donors (Lipinski definition) is 1. The first kappa shape index (κ1) is 16.4. The van der Waals surface area contributed by atoms with Crippen LogP contribution in [0.15, 0.2) is 22.7 Å². The van der Waals surface area contributed by atoms with Crippen LogP contribution in [-0.2, 0) is 17.6 Å². The summed E-state index contributed by atoms with van der Waals surface area (Å²) in [5.41, 5.74) is 0.769. The predicted molar refractivity (Wildman–Crippen MR) is 84.2 cm³/mol.